The minimum Gasteiger partial charge on any atom is -0.423 e. The van der Waals surface area contributed by atoms with Gasteiger partial charge in [0, 0.05) is 48.6 Å². The summed E-state index contributed by atoms with van der Waals surface area (Å²) in [4.78, 5) is 82.0. The molecule has 0 atom stereocenters. The van der Waals surface area contributed by atoms with Crippen molar-refractivity contribution in [2.24, 2.45) is 0 Å². The lowest BCUT2D eigenvalue weighted by atomic mass is 10.1. The number of amides is 5. The second kappa shape index (κ2) is 55.8. The molecule has 0 unspecified atom stereocenters. The van der Waals surface area contributed by atoms with Crippen molar-refractivity contribution >= 4 is 140 Å². The summed E-state index contributed by atoms with van der Waals surface area (Å²) in [6.07, 6.45) is 3.79. The van der Waals surface area contributed by atoms with Crippen LogP contribution < -0.4 is 55.0 Å². The molecular weight excluding hydrogens is 1750 g/mol. The molecule has 14 rings (SSSR count). The van der Waals surface area contributed by atoms with Crippen LogP contribution in [0.2, 0.25) is 25.1 Å². The van der Waals surface area contributed by atoms with E-state index in [0.29, 0.717) is 87.9 Å². The molecule has 5 N–H and O–H groups in total. The van der Waals surface area contributed by atoms with E-state index in [9.17, 15) is 33.6 Å². The van der Waals surface area contributed by atoms with E-state index >= 15 is 0 Å². The van der Waals surface area contributed by atoms with Gasteiger partial charge in [0.1, 0.15) is 34.5 Å². The Bertz CT molecular complexity index is 5690. The molecule has 0 heterocycles. The Morgan fingerprint density at radius 2 is 0.543 bits per heavy atom. The summed E-state index contributed by atoms with van der Waals surface area (Å²) < 4.78 is 31.0. The van der Waals surface area contributed by atoms with E-state index in [1.54, 1.807) is 127 Å². The molecule has 0 aromatic heterocycles. The van der Waals surface area contributed by atoms with Crippen molar-refractivity contribution in [3.63, 3.8) is 0 Å². The first-order valence-electron chi connectivity index (χ1n) is 41.2. The van der Waals surface area contributed by atoms with E-state index in [4.69, 9.17) is 86.4 Å². The molecule has 18 nitrogen and oxygen atoms in total. The number of esters is 2. The maximum absolute atomic E-state index is 11.9. The van der Waals surface area contributed by atoms with Gasteiger partial charge in [0.05, 0.1) is 21.8 Å². The van der Waals surface area contributed by atoms with Gasteiger partial charge in [-0.2, -0.15) is 0 Å². The van der Waals surface area contributed by atoms with Crippen LogP contribution in [0.25, 0.3) is 0 Å². The van der Waals surface area contributed by atoms with Crippen LogP contribution in [0.1, 0.15) is 107 Å². The van der Waals surface area contributed by atoms with Crippen LogP contribution in [-0.2, 0) is 44.3 Å². The van der Waals surface area contributed by atoms with Gasteiger partial charge in [-0.05, 0) is 296 Å². The van der Waals surface area contributed by atoms with Gasteiger partial charge in [-0.25, -0.2) is 28.8 Å². The minimum atomic E-state index is -0.522. The normalized spacial score (nSPS) is 10.0. The van der Waals surface area contributed by atoms with E-state index in [1.807, 2.05) is 231 Å². The van der Waals surface area contributed by atoms with Crippen molar-refractivity contribution in [1.29, 1.82) is 0 Å². The van der Waals surface area contributed by atoms with Gasteiger partial charge in [-0.3, -0.25) is 26.1 Å². The molecule has 0 bridgehead atoms. The predicted octanol–water partition coefficient (Wildman–Crippen LogP) is 30.1. The number of benzene rings is 14. The number of aryl methyl sites for hydroxylation is 7. The summed E-state index contributed by atoms with van der Waals surface area (Å²) in [5, 5.41) is 16.4. The Labute approximate surface area is 782 Å². The number of anilines is 5. The lowest BCUT2D eigenvalue weighted by Crippen LogP contribution is -2.16. The first kappa shape index (κ1) is 101. The molecule has 0 saturated heterocycles. The number of rotatable bonds is 21. The second-order valence-corrected chi connectivity index (χ2v) is 30.9. The van der Waals surface area contributed by atoms with Gasteiger partial charge < -0.3 is 33.7 Å². The van der Waals surface area contributed by atoms with Gasteiger partial charge in [0.2, 0.25) is 0 Å². The molecule has 0 aliphatic carbocycles. The fraction of sp³-hybridized carbons (Fsp3) is 0.133. The molecule has 662 valence electrons. The first-order valence-corrected chi connectivity index (χ1v) is 44.1. The summed E-state index contributed by atoms with van der Waals surface area (Å²) in [6.45, 7) is 14.4. The van der Waals surface area contributed by atoms with Gasteiger partial charge in [-0.1, -0.05) is 257 Å². The average molecular weight is 1850 g/mol. The Morgan fingerprint density at radius 1 is 0.256 bits per heavy atom. The van der Waals surface area contributed by atoms with Gasteiger partial charge in [-0.15, -0.1) is 0 Å². The number of thioether (sulfide) groups is 1. The lowest BCUT2D eigenvalue weighted by molar-refractivity contribution is 0.0725. The standard InChI is InChI=1S/C15H13Cl2NOS.2C15H14ClNO2.C15H13ClO2.2C15H15NO2.C15H14O2/c1-10-2-7-14(13(17)8-10)18-15(19)20-9-11-3-5-12(16)6-4-11;1-2-11-3-7-13(8-4-11)17-15(18)19-14-9-5-12(16)6-10-14;1-2-11-4-3-5-13(10-11)17-15(18)19-14-8-6-12(16)7-9-14;1-2-11-3-9-14(10-4-11)18-15(17)12-5-7-13(16)8-6-12;2*1-2-12-8-10-13(11-9-12)16-15(17)18-14-6-4-3-5-7-14;1-2-12-8-10-14(11-9-12)17-15(16)13-6-4-3-5-7-13/h2-8H,9H2,1H3,(H,18,19);2*3-10H,2H2,1H3,(H,17,18);3-10H,2H2,1H3;2*3-11H,2H2,1H3,(H,16,17);3-11H,2H2,1H3. The Balaban J connectivity index is 0.000000186. The number of halogens is 5. The summed E-state index contributed by atoms with van der Waals surface area (Å²) in [6, 6.07) is 106. The predicted molar refractivity (Wildman–Crippen MR) is 525 cm³/mol. The smallest absolute Gasteiger partial charge is 0.417 e. The van der Waals surface area contributed by atoms with Crippen molar-refractivity contribution in [3.8, 4) is 34.5 Å². The van der Waals surface area contributed by atoms with Crippen LogP contribution in [0, 0.1) is 6.92 Å². The van der Waals surface area contributed by atoms with Crippen LogP contribution >= 0.6 is 69.8 Å². The largest absolute Gasteiger partial charge is 0.423 e. The van der Waals surface area contributed by atoms with Crippen LogP contribution in [0.3, 0.4) is 0 Å². The summed E-state index contributed by atoms with van der Waals surface area (Å²) in [7, 11) is 0. The monoisotopic (exact) mass is 1840 g/mol. The fourth-order valence-electron chi connectivity index (χ4n) is 11.0. The maximum Gasteiger partial charge on any atom is 0.417 e. The number of ether oxygens (including phenoxy) is 6. The number of hydrogen-bond donors (Lipinski definition) is 5. The molecule has 0 aliphatic rings. The minimum absolute atomic E-state index is 0.134. The second-order valence-electron chi connectivity index (χ2n) is 27.8. The molecule has 0 saturated carbocycles. The molecule has 129 heavy (non-hydrogen) atoms. The van der Waals surface area contributed by atoms with E-state index < -0.39 is 24.4 Å². The number of carbonyl (C=O) groups excluding carboxylic acids is 7. The summed E-state index contributed by atoms with van der Waals surface area (Å²) >= 11 is 30.3. The Kier molecular flexibility index (Phi) is 43.6. The summed E-state index contributed by atoms with van der Waals surface area (Å²) in [5.74, 6) is 2.97. The topological polar surface area (TPSA) is 235 Å². The van der Waals surface area contributed by atoms with E-state index in [0.717, 1.165) is 72.3 Å². The number of nitrogens with one attached hydrogen (secondary N) is 5. The first-order chi connectivity index (χ1) is 62.4. The van der Waals surface area contributed by atoms with Crippen molar-refractivity contribution < 1.29 is 62.0 Å². The van der Waals surface area contributed by atoms with Crippen molar-refractivity contribution in [2.75, 3.05) is 26.6 Å². The highest BCUT2D eigenvalue weighted by Crippen LogP contribution is 2.28. The van der Waals surface area contributed by atoms with E-state index in [1.165, 1.54) is 39.6 Å². The van der Waals surface area contributed by atoms with Crippen LogP contribution in [0.4, 0.5) is 52.4 Å². The molecule has 5 amide bonds. The fourth-order valence-corrected chi connectivity index (χ4v) is 12.5. The molecule has 14 aromatic carbocycles. The molecule has 24 heteroatoms. The average Bonchev–Trinajstić information content (AvgIpc) is 0.879. The highest BCUT2D eigenvalue weighted by Gasteiger charge is 2.14. The van der Waals surface area contributed by atoms with E-state index in [2.05, 4.69) is 68.1 Å². The number of para-hydroxylation sites is 2. The molecule has 0 radical (unpaired) electrons. The third kappa shape index (κ3) is 39.0. The SMILES string of the molecule is CCc1ccc(NC(=O)Oc2ccc(Cl)cc2)cc1.CCc1ccc(NC(=O)Oc2ccccc2)cc1.CCc1ccc(NC(=O)Oc2ccccc2)cc1.CCc1ccc(OC(=O)c2ccc(Cl)cc2)cc1.CCc1ccc(OC(=O)c2ccccc2)cc1.CCc1cccc(NC(=O)Oc2ccc(Cl)cc2)c1.Cc1ccc(NC(=O)SCc2ccc(Cl)cc2)c(Cl)c1. The molecule has 0 aliphatic heterocycles. The van der Waals surface area contributed by atoms with Crippen LogP contribution in [0.5, 0.6) is 34.5 Å². The van der Waals surface area contributed by atoms with E-state index in [-0.39, 0.29) is 17.2 Å². The lowest BCUT2D eigenvalue weighted by Gasteiger charge is -2.07. The van der Waals surface area contributed by atoms with Crippen molar-refractivity contribution in [2.45, 2.75) is 92.7 Å². The third-order valence-corrected chi connectivity index (χ3v) is 20.3. The summed E-state index contributed by atoms with van der Waals surface area (Å²) in [5.41, 5.74) is 13.9. The van der Waals surface area contributed by atoms with Crippen molar-refractivity contribution in [1.82, 2.24) is 0 Å². The van der Waals surface area contributed by atoms with Gasteiger partial charge in [0.25, 0.3) is 5.24 Å². The zero-order valence-electron chi connectivity index (χ0n) is 72.0. The van der Waals surface area contributed by atoms with Crippen molar-refractivity contribution in [3.05, 3.63) is 433 Å². The quantitative estimate of drug-likeness (QED) is 0.0333. The number of hydrogen-bond acceptors (Lipinski definition) is 14. The highest BCUT2D eigenvalue weighted by molar-refractivity contribution is 8.13. The molecule has 0 spiro atoms. The van der Waals surface area contributed by atoms with Gasteiger partial charge >= 0.3 is 36.3 Å². The van der Waals surface area contributed by atoms with Crippen LogP contribution in [0.15, 0.2) is 352 Å². The highest BCUT2D eigenvalue weighted by atomic mass is 35.5. The maximum atomic E-state index is 11.9. The zero-order valence-corrected chi connectivity index (χ0v) is 76.6. The molecule has 0 fully saturated rings. The Hall–Kier alpha value is -13.6. The Morgan fingerprint density at radius 3 is 0.891 bits per heavy atom. The third-order valence-electron chi connectivity index (χ3n) is 18.2. The molecule has 14 aromatic rings. The van der Waals surface area contributed by atoms with Crippen LogP contribution in [-0.4, -0.2) is 41.6 Å². The molecular formula is C105H98Cl5N5O13S. The zero-order chi connectivity index (χ0) is 92.5. The van der Waals surface area contributed by atoms with Gasteiger partial charge in [0.15, 0.2) is 0 Å². The number of carbonyl (C=O) groups is 7.